The molecule has 0 unspecified atom stereocenters. The molecule has 0 fully saturated rings. The number of rotatable bonds is 7. The maximum Gasteiger partial charge on any atom is 0.341 e. The third-order valence-electron chi connectivity index (χ3n) is 3.60. The van der Waals surface area contributed by atoms with Crippen LogP contribution in [0.25, 0.3) is 6.08 Å². The number of non-ortho nitro benzene ring substituents is 1. The van der Waals surface area contributed by atoms with Gasteiger partial charge in [-0.25, -0.2) is 4.79 Å². The highest BCUT2D eigenvalue weighted by molar-refractivity contribution is 7.18. The van der Waals surface area contributed by atoms with Crippen molar-refractivity contribution in [3.05, 3.63) is 62.0 Å². The number of primary amides is 1. The van der Waals surface area contributed by atoms with Gasteiger partial charge in [-0.3, -0.25) is 19.7 Å². The molecule has 0 saturated heterocycles. The number of nitrogens with two attached hydrogens (primary N) is 1. The van der Waals surface area contributed by atoms with E-state index in [1.54, 1.807) is 13.0 Å². The van der Waals surface area contributed by atoms with Gasteiger partial charge in [0.15, 0.2) is 0 Å². The molecule has 9 nitrogen and oxygen atoms in total. The van der Waals surface area contributed by atoms with Crippen molar-refractivity contribution in [3.8, 4) is 0 Å². The molecule has 1 aromatic heterocycles. The second-order valence-electron chi connectivity index (χ2n) is 5.52. The number of nitrogens with one attached hydrogen (secondary N) is 1. The fourth-order valence-electron chi connectivity index (χ4n) is 2.35. The highest BCUT2D eigenvalue weighted by Gasteiger charge is 2.25. The number of esters is 1. The zero-order valence-electron chi connectivity index (χ0n) is 15.1. The van der Waals surface area contributed by atoms with E-state index in [9.17, 15) is 24.5 Å². The van der Waals surface area contributed by atoms with Crippen molar-refractivity contribution in [2.75, 3.05) is 11.9 Å². The van der Waals surface area contributed by atoms with E-state index in [0.717, 1.165) is 17.4 Å². The van der Waals surface area contributed by atoms with Gasteiger partial charge in [0.25, 0.3) is 11.6 Å². The van der Waals surface area contributed by atoms with Crippen LogP contribution in [-0.4, -0.2) is 29.3 Å². The molecule has 3 N–H and O–H groups in total. The van der Waals surface area contributed by atoms with Gasteiger partial charge >= 0.3 is 5.97 Å². The van der Waals surface area contributed by atoms with Gasteiger partial charge in [-0.2, -0.15) is 0 Å². The average Bonchev–Trinajstić information content (AvgIpc) is 2.96. The number of carbonyl (C=O) groups excluding carboxylic acids is 3. The predicted octanol–water partition coefficient (Wildman–Crippen LogP) is 2.89. The summed E-state index contributed by atoms with van der Waals surface area (Å²) in [5.41, 5.74) is 6.06. The van der Waals surface area contributed by atoms with E-state index in [-0.39, 0.29) is 27.7 Å². The Kier molecular flexibility index (Phi) is 6.61. The van der Waals surface area contributed by atoms with Crippen molar-refractivity contribution in [2.24, 2.45) is 5.73 Å². The Bertz CT molecular complexity index is 980. The fraction of sp³-hybridized carbons (Fsp3) is 0.167. The maximum atomic E-state index is 12.2. The summed E-state index contributed by atoms with van der Waals surface area (Å²) in [5, 5.41) is 13.5. The molecule has 0 saturated carbocycles. The van der Waals surface area contributed by atoms with Gasteiger partial charge in [0.2, 0.25) is 5.91 Å². The average molecular weight is 403 g/mol. The summed E-state index contributed by atoms with van der Waals surface area (Å²) in [6, 6.07) is 5.74. The van der Waals surface area contributed by atoms with Gasteiger partial charge in [0, 0.05) is 18.2 Å². The smallest absolute Gasteiger partial charge is 0.341 e. The Hall–Kier alpha value is -3.53. The molecule has 0 aliphatic rings. The third kappa shape index (κ3) is 4.80. The van der Waals surface area contributed by atoms with Gasteiger partial charge in [-0.15, -0.1) is 11.3 Å². The van der Waals surface area contributed by atoms with Gasteiger partial charge < -0.3 is 15.8 Å². The lowest BCUT2D eigenvalue weighted by Crippen LogP contribution is -2.13. The summed E-state index contributed by atoms with van der Waals surface area (Å²) in [5.74, 6) is -1.99. The lowest BCUT2D eigenvalue weighted by molar-refractivity contribution is -0.384. The van der Waals surface area contributed by atoms with E-state index in [1.807, 2.05) is 0 Å². The molecule has 0 bridgehead atoms. The van der Waals surface area contributed by atoms with Crippen molar-refractivity contribution in [3.63, 3.8) is 0 Å². The zero-order valence-corrected chi connectivity index (χ0v) is 15.9. The third-order valence-corrected chi connectivity index (χ3v) is 4.82. The monoisotopic (exact) mass is 403 g/mol. The molecule has 0 radical (unpaired) electrons. The molecule has 10 heteroatoms. The van der Waals surface area contributed by atoms with Crippen LogP contribution in [0.2, 0.25) is 0 Å². The van der Waals surface area contributed by atoms with Gasteiger partial charge in [0.1, 0.15) is 5.00 Å². The summed E-state index contributed by atoms with van der Waals surface area (Å²) < 4.78 is 4.97. The lowest BCUT2D eigenvalue weighted by Gasteiger charge is -2.05. The van der Waals surface area contributed by atoms with Crippen molar-refractivity contribution in [1.82, 2.24) is 0 Å². The largest absolute Gasteiger partial charge is 0.462 e. The standard InChI is InChI=1S/C18H17N3O6S/c1-3-27-18(24)14-10(2)15(16(19)23)28-17(14)20-13(22)8-7-11-5-4-6-12(9-11)21(25)26/h4-9H,3H2,1-2H3,(H2,19,23)(H,20,22)/b8-7+. The highest BCUT2D eigenvalue weighted by atomic mass is 32.1. The first-order chi connectivity index (χ1) is 13.2. The van der Waals surface area contributed by atoms with Crippen molar-refractivity contribution in [1.29, 1.82) is 0 Å². The molecule has 146 valence electrons. The number of nitro benzene ring substituents is 1. The van der Waals surface area contributed by atoms with Gasteiger partial charge in [-0.05, 0) is 31.1 Å². The minimum Gasteiger partial charge on any atom is -0.462 e. The Morgan fingerprint density at radius 2 is 2.07 bits per heavy atom. The van der Waals surface area contributed by atoms with Crippen LogP contribution in [-0.2, 0) is 9.53 Å². The molecule has 0 aliphatic heterocycles. The second-order valence-corrected chi connectivity index (χ2v) is 6.54. The molecule has 2 rings (SSSR count). The van der Waals surface area contributed by atoms with E-state index >= 15 is 0 Å². The Morgan fingerprint density at radius 1 is 1.36 bits per heavy atom. The zero-order chi connectivity index (χ0) is 20.8. The first kappa shape index (κ1) is 20.8. The molecular weight excluding hydrogens is 386 g/mol. The number of ether oxygens (including phenoxy) is 1. The molecule has 0 atom stereocenters. The molecule has 0 spiro atoms. The van der Waals surface area contributed by atoms with Crippen molar-refractivity contribution in [2.45, 2.75) is 13.8 Å². The van der Waals surface area contributed by atoms with Crippen LogP contribution in [0.1, 0.15) is 38.1 Å². The quantitative estimate of drug-likeness (QED) is 0.315. The summed E-state index contributed by atoms with van der Waals surface area (Å²) >= 11 is 0.874. The topological polar surface area (TPSA) is 142 Å². The van der Waals surface area contributed by atoms with Crippen LogP contribution >= 0.6 is 11.3 Å². The molecule has 1 aromatic carbocycles. The first-order valence-corrected chi connectivity index (χ1v) is 8.90. The summed E-state index contributed by atoms with van der Waals surface area (Å²) in [6.45, 7) is 3.30. The molecule has 28 heavy (non-hydrogen) atoms. The Morgan fingerprint density at radius 3 is 2.68 bits per heavy atom. The maximum absolute atomic E-state index is 12.2. The number of nitrogens with zero attached hydrogens (tertiary/aromatic N) is 1. The van der Waals surface area contributed by atoms with Gasteiger partial charge in [-0.1, -0.05) is 12.1 Å². The predicted molar refractivity (Wildman–Crippen MR) is 104 cm³/mol. The molecule has 2 aromatic rings. The molecule has 2 amide bonds. The van der Waals surface area contributed by atoms with Crippen LogP contribution in [0.15, 0.2) is 30.3 Å². The van der Waals surface area contributed by atoms with Crippen LogP contribution in [0.4, 0.5) is 10.7 Å². The normalized spacial score (nSPS) is 10.6. The van der Waals surface area contributed by atoms with E-state index in [2.05, 4.69) is 5.32 Å². The van der Waals surface area contributed by atoms with Crippen LogP contribution in [0.5, 0.6) is 0 Å². The van der Waals surface area contributed by atoms with Crippen LogP contribution < -0.4 is 11.1 Å². The SMILES string of the molecule is CCOC(=O)c1c(NC(=O)/C=C/c2cccc([N+](=O)[O-])c2)sc(C(N)=O)c1C. The lowest BCUT2D eigenvalue weighted by atomic mass is 10.1. The summed E-state index contributed by atoms with van der Waals surface area (Å²) in [6.07, 6.45) is 2.55. The fourth-order valence-corrected chi connectivity index (χ4v) is 3.40. The van der Waals surface area contributed by atoms with Crippen molar-refractivity contribution >= 4 is 45.9 Å². The van der Waals surface area contributed by atoms with E-state index in [1.165, 1.54) is 31.2 Å². The summed E-state index contributed by atoms with van der Waals surface area (Å²) in [7, 11) is 0. The Balaban J connectivity index is 2.27. The Labute approximate surface area is 163 Å². The number of nitro groups is 1. The molecule has 0 aliphatic carbocycles. The van der Waals surface area contributed by atoms with Crippen LogP contribution in [0.3, 0.4) is 0 Å². The minimum absolute atomic E-state index is 0.0674. The number of benzene rings is 1. The van der Waals surface area contributed by atoms with Gasteiger partial charge in [0.05, 0.1) is 22.0 Å². The number of amides is 2. The van der Waals surface area contributed by atoms with Crippen LogP contribution in [0, 0.1) is 17.0 Å². The van der Waals surface area contributed by atoms with E-state index in [4.69, 9.17) is 10.5 Å². The second kappa shape index (κ2) is 8.91. The first-order valence-electron chi connectivity index (χ1n) is 8.08. The number of hydrogen-bond donors (Lipinski definition) is 2. The summed E-state index contributed by atoms with van der Waals surface area (Å²) in [4.78, 5) is 46.4. The van der Waals surface area contributed by atoms with E-state index in [0.29, 0.717) is 11.1 Å². The molecular formula is C18H17N3O6S. The number of thiophene rings is 1. The minimum atomic E-state index is -0.722. The highest BCUT2D eigenvalue weighted by Crippen LogP contribution is 2.33. The number of carbonyl (C=O) groups is 3. The van der Waals surface area contributed by atoms with E-state index < -0.39 is 22.7 Å². The number of anilines is 1. The van der Waals surface area contributed by atoms with Crippen molar-refractivity contribution < 1.29 is 24.0 Å². The number of hydrogen-bond acceptors (Lipinski definition) is 7. The molecule has 1 heterocycles.